The van der Waals surface area contributed by atoms with Gasteiger partial charge in [-0.25, -0.2) is 0 Å². The van der Waals surface area contributed by atoms with Crippen LogP contribution in [0.5, 0.6) is 5.75 Å². The Labute approximate surface area is 107 Å². The van der Waals surface area contributed by atoms with Gasteiger partial charge in [-0.3, -0.25) is 4.79 Å². The van der Waals surface area contributed by atoms with Gasteiger partial charge in [-0.1, -0.05) is 6.07 Å². The van der Waals surface area contributed by atoms with Gasteiger partial charge < -0.3 is 20.9 Å². The van der Waals surface area contributed by atoms with Crippen LogP contribution < -0.4 is 15.8 Å². The quantitative estimate of drug-likeness (QED) is 0.624. The number of nitrogen functional groups attached to an aromatic ring is 1. The summed E-state index contributed by atoms with van der Waals surface area (Å²) in [4.78, 5) is 11.4. The number of ether oxygens (including phenoxy) is 1. The fraction of sp³-hybridized carbons (Fsp3) is 0.462. The Morgan fingerprint density at radius 1 is 1.50 bits per heavy atom. The summed E-state index contributed by atoms with van der Waals surface area (Å²) in [5.74, 6) is 0.600. The zero-order valence-corrected chi connectivity index (χ0v) is 10.6. The van der Waals surface area contributed by atoms with E-state index in [2.05, 4.69) is 5.32 Å². The lowest BCUT2D eigenvalue weighted by Gasteiger charge is -2.09. The molecule has 0 aliphatic carbocycles. The van der Waals surface area contributed by atoms with Crippen LogP contribution in [0.15, 0.2) is 18.2 Å². The first-order valence-corrected chi connectivity index (χ1v) is 6.06. The fourth-order valence-electron chi connectivity index (χ4n) is 1.58. The summed E-state index contributed by atoms with van der Waals surface area (Å²) in [6.07, 6.45) is 1.00. The summed E-state index contributed by atoms with van der Waals surface area (Å²) in [7, 11) is 0. The molecule has 0 atom stereocenters. The molecule has 1 aromatic rings. The summed E-state index contributed by atoms with van der Waals surface area (Å²) in [5.41, 5.74) is 7.42. The zero-order chi connectivity index (χ0) is 13.4. The Balaban J connectivity index is 2.48. The van der Waals surface area contributed by atoms with Crippen molar-refractivity contribution in [1.29, 1.82) is 0 Å². The summed E-state index contributed by atoms with van der Waals surface area (Å²) in [6, 6.07) is 5.55. The van der Waals surface area contributed by atoms with Crippen molar-refractivity contribution in [3.05, 3.63) is 23.8 Å². The molecule has 5 nitrogen and oxygen atoms in total. The second-order valence-electron chi connectivity index (χ2n) is 3.88. The van der Waals surface area contributed by atoms with Gasteiger partial charge in [0.05, 0.1) is 18.9 Å². The Kier molecular flexibility index (Phi) is 6.00. The number of nitrogens with one attached hydrogen (secondary N) is 1. The van der Waals surface area contributed by atoms with E-state index in [1.807, 2.05) is 25.1 Å². The summed E-state index contributed by atoms with van der Waals surface area (Å²) >= 11 is 0. The molecular formula is C13H20N2O3. The maximum atomic E-state index is 11.4. The third kappa shape index (κ3) is 4.63. The molecular weight excluding hydrogens is 232 g/mol. The Hall–Kier alpha value is -1.75. The molecule has 100 valence electrons. The van der Waals surface area contributed by atoms with Crippen LogP contribution in [-0.4, -0.2) is 30.8 Å². The van der Waals surface area contributed by atoms with Crippen molar-refractivity contribution >= 4 is 11.6 Å². The number of carbonyl (C=O) groups excluding carboxylic acids is 1. The van der Waals surface area contributed by atoms with Gasteiger partial charge in [0.1, 0.15) is 5.75 Å². The standard InChI is InChI=1S/C13H20N2O3/c1-2-18-12-5-3-10(9-11(12)14)4-6-13(17)15-7-8-16/h3,5,9,16H,2,4,6-8,14H2,1H3,(H,15,17). The van der Waals surface area contributed by atoms with Crippen LogP contribution >= 0.6 is 0 Å². The molecule has 1 aromatic carbocycles. The number of anilines is 1. The average Bonchev–Trinajstić information content (AvgIpc) is 2.37. The first-order chi connectivity index (χ1) is 8.67. The van der Waals surface area contributed by atoms with E-state index in [1.54, 1.807) is 0 Å². The number of carbonyl (C=O) groups is 1. The minimum absolute atomic E-state index is 0.0399. The largest absolute Gasteiger partial charge is 0.492 e. The summed E-state index contributed by atoms with van der Waals surface area (Å²) < 4.78 is 5.34. The molecule has 0 radical (unpaired) electrons. The van der Waals surface area contributed by atoms with E-state index in [4.69, 9.17) is 15.6 Å². The molecule has 0 unspecified atom stereocenters. The van der Waals surface area contributed by atoms with E-state index in [1.165, 1.54) is 0 Å². The first kappa shape index (κ1) is 14.3. The Morgan fingerprint density at radius 2 is 2.28 bits per heavy atom. The van der Waals surface area contributed by atoms with Crippen LogP contribution in [0.3, 0.4) is 0 Å². The van der Waals surface area contributed by atoms with Gasteiger partial charge in [-0.05, 0) is 31.0 Å². The fourth-order valence-corrected chi connectivity index (χ4v) is 1.58. The Bertz CT molecular complexity index is 394. The molecule has 5 heteroatoms. The van der Waals surface area contributed by atoms with Gasteiger partial charge in [0.15, 0.2) is 0 Å². The molecule has 0 saturated carbocycles. The maximum Gasteiger partial charge on any atom is 0.220 e. The van der Waals surface area contributed by atoms with Gasteiger partial charge in [-0.15, -0.1) is 0 Å². The molecule has 0 aromatic heterocycles. The normalized spacial score (nSPS) is 10.1. The van der Waals surface area contributed by atoms with E-state index < -0.39 is 0 Å². The molecule has 1 amide bonds. The summed E-state index contributed by atoms with van der Waals surface area (Å²) in [6.45, 7) is 2.73. The van der Waals surface area contributed by atoms with Gasteiger partial charge in [-0.2, -0.15) is 0 Å². The van der Waals surface area contributed by atoms with E-state index in [9.17, 15) is 4.79 Å². The van der Waals surface area contributed by atoms with Gasteiger partial charge in [0, 0.05) is 13.0 Å². The SMILES string of the molecule is CCOc1ccc(CCC(=O)NCCO)cc1N. The average molecular weight is 252 g/mol. The summed E-state index contributed by atoms with van der Waals surface area (Å²) in [5, 5.41) is 11.2. The third-order valence-electron chi connectivity index (χ3n) is 2.45. The van der Waals surface area contributed by atoms with Gasteiger partial charge in [0.2, 0.25) is 5.91 Å². The number of aryl methyl sites for hydroxylation is 1. The van der Waals surface area contributed by atoms with E-state index in [0.717, 1.165) is 5.56 Å². The number of nitrogens with two attached hydrogens (primary N) is 1. The van der Waals surface area contributed by atoms with E-state index in [0.29, 0.717) is 37.4 Å². The number of rotatable bonds is 7. The monoisotopic (exact) mass is 252 g/mol. The molecule has 0 saturated heterocycles. The number of aliphatic hydroxyl groups is 1. The van der Waals surface area contributed by atoms with Crippen LogP contribution in [0.2, 0.25) is 0 Å². The van der Waals surface area contributed by atoms with Crippen LogP contribution in [0, 0.1) is 0 Å². The molecule has 0 fully saturated rings. The molecule has 0 heterocycles. The van der Waals surface area contributed by atoms with Crippen LogP contribution in [-0.2, 0) is 11.2 Å². The lowest BCUT2D eigenvalue weighted by Crippen LogP contribution is -2.26. The molecule has 0 aliphatic heterocycles. The van der Waals surface area contributed by atoms with Crippen LogP contribution in [0.25, 0.3) is 0 Å². The smallest absolute Gasteiger partial charge is 0.220 e. The highest BCUT2D eigenvalue weighted by Gasteiger charge is 2.04. The topological polar surface area (TPSA) is 84.6 Å². The number of amides is 1. The van der Waals surface area contributed by atoms with Gasteiger partial charge in [0.25, 0.3) is 0 Å². The second-order valence-corrected chi connectivity index (χ2v) is 3.88. The van der Waals surface area contributed by atoms with Crippen LogP contribution in [0.4, 0.5) is 5.69 Å². The number of aliphatic hydroxyl groups excluding tert-OH is 1. The number of benzene rings is 1. The second kappa shape index (κ2) is 7.55. The molecule has 4 N–H and O–H groups in total. The molecule has 0 bridgehead atoms. The van der Waals surface area contributed by atoms with E-state index >= 15 is 0 Å². The van der Waals surface area contributed by atoms with E-state index in [-0.39, 0.29) is 12.5 Å². The number of hydrogen-bond acceptors (Lipinski definition) is 4. The lowest BCUT2D eigenvalue weighted by molar-refractivity contribution is -0.121. The third-order valence-corrected chi connectivity index (χ3v) is 2.45. The highest BCUT2D eigenvalue weighted by Crippen LogP contribution is 2.22. The lowest BCUT2D eigenvalue weighted by atomic mass is 10.1. The zero-order valence-electron chi connectivity index (χ0n) is 10.6. The molecule has 0 aliphatic rings. The minimum Gasteiger partial charge on any atom is -0.492 e. The van der Waals surface area contributed by atoms with Crippen molar-refractivity contribution in [2.75, 3.05) is 25.5 Å². The van der Waals surface area contributed by atoms with Crippen molar-refractivity contribution in [2.24, 2.45) is 0 Å². The Morgan fingerprint density at radius 3 is 2.89 bits per heavy atom. The predicted molar refractivity (Wildman–Crippen MR) is 70.4 cm³/mol. The molecule has 0 spiro atoms. The number of hydrogen-bond donors (Lipinski definition) is 3. The van der Waals surface area contributed by atoms with Gasteiger partial charge >= 0.3 is 0 Å². The maximum absolute atomic E-state index is 11.4. The predicted octanol–water partition coefficient (Wildman–Crippen LogP) is 0.709. The minimum atomic E-state index is -0.0727. The highest BCUT2D eigenvalue weighted by atomic mass is 16.5. The highest BCUT2D eigenvalue weighted by molar-refractivity contribution is 5.76. The molecule has 18 heavy (non-hydrogen) atoms. The van der Waals surface area contributed by atoms with Crippen molar-refractivity contribution in [1.82, 2.24) is 5.32 Å². The van der Waals surface area contributed by atoms with Crippen molar-refractivity contribution < 1.29 is 14.6 Å². The van der Waals surface area contributed by atoms with Crippen molar-refractivity contribution in [3.63, 3.8) is 0 Å². The van der Waals surface area contributed by atoms with Crippen molar-refractivity contribution in [3.8, 4) is 5.75 Å². The first-order valence-electron chi connectivity index (χ1n) is 6.06. The molecule has 1 rings (SSSR count). The van der Waals surface area contributed by atoms with Crippen LogP contribution in [0.1, 0.15) is 18.9 Å². The van der Waals surface area contributed by atoms with Crippen molar-refractivity contribution in [2.45, 2.75) is 19.8 Å².